The number of nitrogens with one attached hydrogen (secondary N) is 2. The molecule has 0 saturated carbocycles. The largest absolute Gasteiger partial charge is 0.478 e. The van der Waals surface area contributed by atoms with E-state index in [1.807, 2.05) is 30.3 Å². The minimum absolute atomic E-state index is 0.0531. The van der Waals surface area contributed by atoms with Crippen molar-refractivity contribution in [2.24, 2.45) is 0 Å². The van der Waals surface area contributed by atoms with Crippen molar-refractivity contribution in [2.75, 3.05) is 5.32 Å². The van der Waals surface area contributed by atoms with Gasteiger partial charge in [0.15, 0.2) is 5.11 Å². The number of anilines is 1. The van der Waals surface area contributed by atoms with Crippen molar-refractivity contribution in [3.05, 3.63) is 75.8 Å². The first-order chi connectivity index (χ1) is 12.8. The van der Waals surface area contributed by atoms with Crippen LogP contribution >= 0.6 is 35.4 Å². The second-order valence-corrected chi connectivity index (χ2v) is 6.84. The van der Waals surface area contributed by atoms with Crippen LogP contribution in [0.4, 0.5) is 5.69 Å². The van der Waals surface area contributed by atoms with E-state index in [2.05, 4.69) is 10.6 Å². The lowest BCUT2D eigenvalue weighted by molar-refractivity contribution is 0.0697. The minimum Gasteiger partial charge on any atom is -0.478 e. The van der Waals surface area contributed by atoms with Crippen molar-refractivity contribution < 1.29 is 14.7 Å². The Bertz CT molecular complexity index is 1090. The van der Waals surface area contributed by atoms with Crippen LogP contribution in [0.3, 0.4) is 0 Å². The number of hydrogen-bond donors (Lipinski definition) is 3. The lowest BCUT2D eigenvalue weighted by Gasteiger charge is -2.14. The summed E-state index contributed by atoms with van der Waals surface area (Å²) in [5, 5.41) is 16.6. The number of carbonyl (C=O) groups is 2. The molecule has 0 saturated heterocycles. The molecule has 0 aliphatic heterocycles. The highest BCUT2D eigenvalue weighted by Gasteiger charge is 2.17. The average molecular weight is 419 g/mol. The smallest absolute Gasteiger partial charge is 0.337 e. The normalized spacial score (nSPS) is 10.4. The molecule has 0 spiro atoms. The summed E-state index contributed by atoms with van der Waals surface area (Å²) in [6.07, 6.45) is 0. The third kappa shape index (κ3) is 4.36. The van der Waals surface area contributed by atoms with E-state index >= 15 is 0 Å². The summed E-state index contributed by atoms with van der Waals surface area (Å²) in [5.74, 6) is -1.66. The van der Waals surface area contributed by atoms with Gasteiger partial charge in [0.25, 0.3) is 5.91 Å². The van der Waals surface area contributed by atoms with Gasteiger partial charge in [0, 0.05) is 10.6 Å². The van der Waals surface area contributed by atoms with E-state index in [9.17, 15) is 14.7 Å². The molecule has 0 aliphatic carbocycles. The topological polar surface area (TPSA) is 78.4 Å². The molecule has 0 bridgehead atoms. The van der Waals surface area contributed by atoms with Crippen molar-refractivity contribution in [1.82, 2.24) is 5.32 Å². The molecule has 5 nitrogen and oxygen atoms in total. The van der Waals surface area contributed by atoms with Crippen LogP contribution in [-0.4, -0.2) is 22.1 Å². The molecule has 3 N–H and O–H groups in total. The predicted molar refractivity (Wildman–Crippen MR) is 111 cm³/mol. The first-order valence-electron chi connectivity index (χ1n) is 7.68. The molecule has 1 amide bonds. The maximum atomic E-state index is 12.4. The molecule has 0 atom stereocenters. The highest BCUT2D eigenvalue weighted by atomic mass is 35.5. The van der Waals surface area contributed by atoms with Crippen LogP contribution in [0.5, 0.6) is 0 Å². The number of thiocarbonyl (C=S) groups is 1. The Morgan fingerprint density at radius 1 is 0.963 bits per heavy atom. The van der Waals surface area contributed by atoms with Gasteiger partial charge in [-0.05, 0) is 47.3 Å². The molecule has 0 aromatic heterocycles. The minimum atomic E-state index is -1.23. The Balaban J connectivity index is 1.79. The van der Waals surface area contributed by atoms with Crippen LogP contribution in [0.25, 0.3) is 10.8 Å². The van der Waals surface area contributed by atoms with Gasteiger partial charge in [-0.3, -0.25) is 10.1 Å². The number of benzene rings is 3. The first-order valence-corrected chi connectivity index (χ1v) is 8.85. The zero-order chi connectivity index (χ0) is 19.6. The highest BCUT2D eigenvalue weighted by Crippen LogP contribution is 2.30. The molecule has 3 rings (SSSR count). The molecule has 0 fully saturated rings. The molecule has 3 aromatic carbocycles. The van der Waals surface area contributed by atoms with Crippen molar-refractivity contribution in [3.8, 4) is 0 Å². The average Bonchev–Trinajstić information content (AvgIpc) is 2.63. The summed E-state index contributed by atoms with van der Waals surface area (Å²) in [7, 11) is 0. The Morgan fingerprint density at radius 2 is 1.67 bits per heavy atom. The van der Waals surface area contributed by atoms with Crippen LogP contribution in [0.2, 0.25) is 10.0 Å². The summed E-state index contributed by atoms with van der Waals surface area (Å²) in [6.45, 7) is 0. The van der Waals surface area contributed by atoms with Crippen molar-refractivity contribution in [2.45, 2.75) is 0 Å². The van der Waals surface area contributed by atoms with E-state index in [4.69, 9.17) is 35.4 Å². The molecule has 0 radical (unpaired) electrons. The summed E-state index contributed by atoms with van der Waals surface area (Å²) in [6, 6.07) is 15.5. The Labute approximate surface area is 169 Å². The van der Waals surface area contributed by atoms with Crippen LogP contribution in [-0.2, 0) is 0 Å². The number of hydrogen-bond acceptors (Lipinski definition) is 3. The predicted octanol–water partition coefficient (Wildman–Crippen LogP) is 4.97. The fourth-order valence-electron chi connectivity index (χ4n) is 2.52. The molecular formula is C19H12Cl2N2O3S. The summed E-state index contributed by atoms with van der Waals surface area (Å²) >= 11 is 17.0. The molecule has 0 aliphatic rings. The highest BCUT2D eigenvalue weighted by molar-refractivity contribution is 7.80. The Morgan fingerprint density at radius 3 is 2.37 bits per heavy atom. The van der Waals surface area contributed by atoms with Crippen LogP contribution in [0.1, 0.15) is 20.7 Å². The van der Waals surface area contributed by atoms with Crippen molar-refractivity contribution in [3.63, 3.8) is 0 Å². The van der Waals surface area contributed by atoms with Gasteiger partial charge in [0.05, 0.1) is 16.3 Å². The van der Waals surface area contributed by atoms with Gasteiger partial charge >= 0.3 is 5.97 Å². The van der Waals surface area contributed by atoms with E-state index < -0.39 is 11.9 Å². The van der Waals surface area contributed by atoms with Gasteiger partial charge in [-0.15, -0.1) is 0 Å². The van der Waals surface area contributed by atoms with Gasteiger partial charge < -0.3 is 10.4 Å². The molecule has 0 unspecified atom stereocenters. The number of fused-ring (bicyclic) bond motifs is 1. The van der Waals surface area contributed by atoms with Crippen LogP contribution in [0, 0.1) is 0 Å². The summed E-state index contributed by atoms with van der Waals surface area (Å²) in [4.78, 5) is 23.8. The Kier molecular flexibility index (Phi) is 5.60. The number of carboxylic acid groups (broad SMARTS) is 1. The summed E-state index contributed by atoms with van der Waals surface area (Å²) in [5.41, 5.74) is 0.311. The van der Waals surface area contributed by atoms with Gasteiger partial charge in [-0.25, -0.2) is 4.79 Å². The molecule has 0 heterocycles. The van der Waals surface area contributed by atoms with Crippen LogP contribution in [0.15, 0.2) is 54.6 Å². The monoisotopic (exact) mass is 418 g/mol. The fraction of sp³-hybridized carbons (Fsp3) is 0. The second-order valence-electron chi connectivity index (χ2n) is 5.59. The Hall–Kier alpha value is -2.67. The van der Waals surface area contributed by atoms with E-state index in [0.717, 1.165) is 10.8 Å². The summed E-state index contributed by atoms with van der Waals surface area (Å²) < 4.78 is 0. The lowest BCUT2D eigenvalue weighted by Crippen LogP contribution is -2.34. The lowest BCUT2D eigenvalue weighted by atomic mass is 10.1. The van der Waals surface area contributed by atoms with E-state index in [0.29, 0.717) is 5.56 Å². The van der Waals surface area contributed by atoms with Gasteiger partial charge in [-0.1, -0.05) is 53.5 Å². The van der Waals surface area contributed by atoms with Gasteiger partial charge in [-0.2, -0.15) is 0 Å². The molecule has 3 aromatic rings. The van der Waals surface area contributed by atoms with Crippen molar-refractivity contribution in [1.29, 1.82) is 0 Å². The van der Waals surface area contributed by atoms with Crippen molar-refractivity contribution >= 4 is 68.9 Å². The number of rotatable bonds is 3. The SMILES string of the molecule is O=C(NC(=S)Nc1c(Cl)cc(Cl)cc1C(=O)O)c1ccc2ccccc2c1. The number of aromatic carboxylic acids is 1. The number of amides is 1. The molecule has 27 heavy (non-hydrogen) atoms. The van der Waals surface area contributed by atoms with Crippen LogP contribution < -0.4 is 10.6 Å². The number of halogens is 2. The van der Waals surface area contributed by atoms with Gasteiger partial charge in [0.1, 0.15) is 0 Å². The quantitative estimate of drug-likeness (QED) is 0.523. The fourth-order valence-corrected chi connectivity index (χ4v) is 3.26. The zero-order valence-electron chi connectivity index (χ0n) is 13.6. The first kappa shape index (κ1) is 19.1. The zero-order valence-corrected chi connectivity index (χ0v) is 16.0. The maximum Gasteiger partial charge on any atom is 0.337 e. The second kappa shape index (κ2) is 7.92. The van der Waals surface area contributed by atoms with E-state index in [-0.39, 0.29) is 26.4 Å². The molecule has 136 valence electrons. The standard InChI is InChI=1S/C19H12Cl2N2O3S/c20-13-8-14(18(25)26)16(15(21)9-13)22-19(27)23-17(24)12-6-5-10-3-1-2-4-11(10)7-12/h1-9H,(H,25,26)(H2,22,23,24,27). The maximum absolute atomic E-state index is 12.4. The number of carbonyl (C=O) groups excluding carboxylic acids is 1. The third-order valence-corrected chi connectivity index (χ3v) is 4.48. The van der Waals surface area contributed by atoms with Gasteiger partial charge in [0.2, 0.25) is 0 Å². The molecule has 8 heteroatoms. The third-order valence-electron chi connectivity index (χ3n) is 3.76. The molecular weight excluding hydrogens is 407 g/mol. The number of carboxylic acids is 1. The van der Waals surface area contributed by atoms with E-state index in [1.54, 1.807) is 12.1 Å². The van der Waals surface area contributed by atoms with E-state index in [1.165, 1.54) is 12.1 Å².